The lowest BCUT2D eigenvalue weighted by Crippen LogP contribution is -2.38. The molecular formula is C21H35N7O3Si. The molecule has 0 radical (unpaired) electrons. The van der Waals surface area contributed by atoms with Crippen molar-refractivity contribution in [3.05, 3.63) is 17.3 Å². The second kappa shape index (κ2) is 9.45. The molecule has 0 bridgehead atoms. The molecule has 1 atom stereocenters. The number of carbonyl (C=O) groups is 1. The van der Waals surface area contributed by atoms with Gasteiger partial charge in [0.1, 0.15) is 18.2 Å². The summed E-state index contributed by atoms with van der Waals surface area (Å²) in [7, 11) is 0.461. The maximum absolute atomic E-state index is 11.3. The minimum atomic E-state index is -1.14. The number of rotatable bonds is 8. The molecule has 1 aliphatic rings. The Bertz CT molecular complexity index is 973. The Morgan fingerprint density at radius 2 is 2.06 bits per heavy atom. The summed E-state index contributed by atoms with van der Waals surface area (Å²) in [5.41, 5.74) is 9.49. The van der Waals surface area contributed by atoms with Crippen molar-refractivity contribution < 1.29 is 14.6 Å². The first-order valence-electron chi connectivity index (χ1n) is 10.9. The lowest BCUT2D eigenvalue weighted by atomic mass is 10.1. The van der Waals surface area contributed by atoms with Crippen LogP contribution in [-0.4, -0.2) is 76.7 Å². The first kappa shape index (κ1) is 24.0. The van der Waals surface area contributed by atoms with Crippen molar-refractivity contribution in [1.82, 2.24) is 24.6 Å². The van der Waals surface area contributed by atoms with Gasteiger partial charge in [-0.2, -0.15) is 10.1 Å². The van der Waals surface area contributed by atoms with Crippen LogP contribution in [0, 0.1) is 13.8 Å². The van der Waals surface area contributed by atoms with E-state index >= 15 is 0 Å². The Hall–Kier alpha value is -2.66. The molecule has 3 rings (SSSR count). The van der Waals surface area contributed by atoms with Crippen LogP contribution >= 0.6 is 0 Å². The van der Waals surface area contributed by atoms with Crippen LogP contribution in [-0.2, 0) is 11.5 Å². The quantitative estimate of drug-likeness (QED) is 0.454. The van der Waals surface area contributed by atoms with Crippen molar-refractivity contribution in [1.29, 1.82) is 0 Å². The van der Waals surface area contributed by atoms with E-state index < -0.39 is 14.2 Å². The largest absolute Gasteiger partial charge is 0.465 e. The highest BCUT2D eigenvalue weighted by atomic mass is 28.3. The standard InChI is InChI=1S/C21H35N7O3Si/c1-14-15(2)28(13-31-9-10-32(4,5)6)25-19(14)17-11-18(24-20(22)23-17)27-8-7-16(12-27)26(3)21(29)30/h11,16H,7-10,12-13H2,1-6H3,(H,29,30)(H2,22,23,24)/t16-/m1/s1. The zero-order valence-corrected chi connectivity index (χ0v) is 20.9. The summed E-state index contributed by atoms with van der Waals surface area (Å²) >= 11 is 0. The number of hydrogen-bond acceptors (Lipinski definition) is 7. The maximum atomic E-state index is 11.3. The topological polar surface area (TPSA) is 123 Å². The van der Waals surface area contributed by atoms with Crippen LogP contribution in [0.5, 0.6) is 0 Å². The van der Waals surface area contributed by atoms with Gasteiger partial charge in [-0.1, -0.05) is 19.6 Å². The number of carboxylic acid groups (broad SMARTS) is 1. The number of ether oxygens (including phenoxy) is 1. The van der Waals surface area contributed by atoms with Gasteiger partial charge in [0.05, 0.1) is 11.7 Å². The van der Waals surface area contributed by atoms with Gasteiger partial charge < -0.3 is 25.4 Å². The normalized spacial score (nSPS) is 16.6. The van der Waals surface area contributed by atoms with E-state index in [0.29, 0.717) is 31.3 Å². The molecule has 1 saturated heterocycles. The molecule has 32 heavy (non-hydrogen) atoms. The van der Waals surface area contributed by atoms with Crippen LogP contribution in [0.25, 0.3) is 11.4 Å². The third-order valence-electron chi connectivity index (χ3n) is 6.03. The van der Waals surface area contributed by atoms with E-state index in [0.717, 1.165) is 36.0 Å². The molecule has 11 heteroatoms. The first-order chi connectivity index (χ1) is 15.0. The van der Waals surface area contributed by atoms with Gasteiger partial charge in [0, 0.05) is 46.6 Å². The maximum Gasteiger partial charge on any atom is 0.407 e. The van der Waals surface area contributed by atoms with Gasteiger partial charge >= 0.3 is 6.09 Å². The highest BCUT2D eigenvalue weighted by Gasteiger charge is 2.29. The fourth-order valence-corrected chi connectivity index (χ4v) is 4.45. The zero-order valence-electron chi connectivity index (χ0n) is 19.9. The number of nitrogens with two attached hydrogens (primary N) is 1. The first-order valence-corrected chi connectivity index (χ1v) is 14.6. The van der Waals surface area contributed by atoms with Gasteiger partial charge in [0.2, 0.25) is 5.95 Å². The lowest BCUT2D eigenvalue weighted by Gasteiger charge is -2.22. The minimum absolute atomic E-state index is 0.0800. The second-order valence-corrected chi connectivity index (χ2v) is 15.3. The SMILES string of the molecule is Cc1c(-c2cc(N3CC[C@@H](N(C)C(=O)O)C3)nc(N)n2)nn(COCC[Si](C)(C)C)c1C. The molecule has 1 aliphatic heterocycles. The summed E-state index contributed by atoms with van der Waals surface area (Å²) in [4.78, 5) is 23.5. The molecule has 0 aliphatic carbocycles. The van der Waals surface area contributed by atoms with E-state index in [-0.39, 0.29) is 12.0 Å². The van der Waals surface area contributed by atoms with Crippen LogP contribution < -0.4 is 10.6 Å². The summed E-state index contributed by atoms with van der Waals surface area (Å²) in [6, 6.07) is 2.91. The fourth-order valence-electron chi connectivity index (χ4n) is 3.69. The van der Waals surface area contributed by atoms with Crippen molar-refractivity contribution in [3.63, 3.8) is 0 Å². The number of hydrogen-bond donors (Lipinski definition) is 2. The van der Waals surface area contributed by atoms with Crippen LogP contribution in [0.15, 0.2) is 6.07 Å². The average molecular weight is 462 g/mol. The third-order valence-corrected chi connectivity index (χ3v) is 7.73. The monoisotopic (exact) mass is 461 g/mol. The highest BCUT2D eigenvalue weighted by Crippen LogP contribution is 2.28. The van der Waals surface area contributed by atoms with Crippen LogP contribution in [0.3, 0.4) is 0 Å². The third kappa shape index (κ3) is 5.57. The molecule has 1 fully saturated rings. The Morgan fingerprint density at radius 3 is 2.72 bits per heavy atom. The summed E-state index contributed by atoms with van der Waals surface area (Å²) in [6.07, 6.45) is -0.188. The van der Waals surface area contributed by atoms with Gasteiger partial charge in [-0.05, 0) is 31.9 Å². The molecule has 1 amide bonds. The van der Waals surface area contributed by atoms with E-state index in [9.17, 15) is 9.90 Å². The van der Waals surface area contributed by atoms with E-state index in [4.69, 9.17) is 15.6 Å². The molecule has 2 aromatic heterocycles. The van der Waals surface area contributed by atoms with Gasteiger partial charge in [0.25, 0.3) is 0 Å². The summed E-state index contributed by atoms with van der Waals surface area (Å²) in [5, 5.41) is 14.0. The molecule has 10 nitrogen and oxygen atoms in total. The second-order valence-electron chi connectivity index (χ2n) is 9.66. The smallest absolute Gasteiger partial charge is 0.407 e. The van der Waals surface area contributed by atoms with E-state index in [1.54, 1.807) is 7.05 Å². The van der Waals surface area contributed by atoms with Gasteiger partial charge in [-0.15, -0.1) is 0 Å². The van der Waals surface area contributed by atoms with E-state index in [1.165, 1.54) is 4.90 Å². The Kier molecular flexibility index (Phi) is 7.08. The fraction of sp³-hybridized carbons (Fsp3) is 0.619. The van der Waals surface area contributed by atoms with Crippen molar-refractivity contribution in [2.24, 2.45) is 0 Å². The number of nitrogens with zero attached hydrogens (tertiary/aromatic N) is 6. The van der Waals surface area contributed by atoms with Gasteiger partial charge in [0.15, 0.2) is 0 Å². The van der Waals surface area contributed by atoms with Crippen molar-refractivity contribution in [2.75, 3.05) is 37.4 Å². The molecule has 2 aromatic rings. The van der Waals surface area contributed by atoms with Crippen LogP contribution in [0.4, 0.5) is 16.6 Å². The molecule has 0 saturated carbocycles. The Labute approximate surface area is 190 Å². The molecule has 3 heterocycles. The zero-order chi connectivity index (χ0) is 23.6. The molecule has 0 spiro atoms. The van der Waals surface area contributed by atoms with E-state index in [1.807, 2.05) is 29.5 Å². The summed E-state index contributed by atoms with van der Waals surface area (Å²) in [6.45, 7) is 13.4. The number of likely N-dealkylation sites (N-methyl/N-ethyl adjacent to an activating group) is 1. The summed E-state index contributed by atoms with van der Waals surface area (Å²) in [5.74, 6) is 0.859. The van der Waals surface area contributed by atoms with Gasteiger partial charge in [-0.25, -0.2) is 14.5 Å². The van der Waals surface area contributed by atoms with Crippen molar-refractivity contribution >= 4 is 25.9 Å². The Morgan fingerprint density at radius 1 is 1.34 bits per heavy atom. The van der Waals surface area contributed by atoms with Gasteiger partial charge in [-0.3, -0.25) is 0 Å². The van der Waals surface area contributed by atoms with Crippen LogP contribution in [0.2, 0.25) is 25.7 Å². The minimum Gasteiger partial charge on any atom is -0.465 e. The molecule has 176 valence electrons. The molecule has 3 N–H and O–H groups in total. The number of anilines is 2. The average Bonchev–Trinajstić information content (AvgIpc) is 3.30. The lowest BCUT2D eigenvalue weighted by molar-refractivity contribution is 0.0772. The number of aromatic nitrogens is 4. The molecule has 0 aromatic carbocycles. The molecular weight excluding hydrogens is 426 g/mol. The van der Waals surface area contributed by atoms with E-state index in [2.05, 4.69) is 29.6 Å². The number of amides is 1. The Balaban J connectivity index is 1.77. The predicted molar refractivity (Wildman–Crippen MR) is 128 cm³/mol. The van der Waals surface area contributed by atoms with Crippen molar-refractivity contribution in [2.45, 2.75) is 58.7 Å². The number of nitrogen functional groups attached to an aromatic ring is 1. The van der Waals surface area contributed by atoms with Crippen molar-refractivity contribution in [3.8, 4) is 11.4 Å². The highest BCUT2D eigenvalue weighted by molar-refractivity contribution is 6.76. The molecule has 0 unspecified atom stereocenters. The summed E-state index contributed by atoms with van der Waals surface area (Å²) < 4.78 is 7.74. The predicted octanol–water partition coefficient (Wildman–Crippen LogP) is 3.04. The van der Waals surface area contributed by atoms with Crippen LogP contribution in [0.1, 0.15) is 17.7 Å².